The Labute approximate surface area is 222 Å². The van der Waals surface area contributed by atoms with Gasteiger partial charge in [-0.15, -0.1) is 0 Å². The average Bonchev–Trinajstić information content (AvgIpc) is 2.97. The first kappa shape index (κ1) is 24.9. The lowest BCUT2D eigenvalue weighted by molar-refractivity contribution is -0.116. The molecule has 0 saturated carbocycles. The molecule has 0 spiro atoms. The van der Waals surface area contributed by atoms with E-state index < -0.39 is 0 Å². The molecular weight excluding hydrogens is 474 g/mol. The van der Waals surface area contributed by atoms with Crippen LogP contribution in [0.5, 0.6) is 5.75 Å². The van der Waals surface area contributed by atoms with Gasteiger partial charge in [0, 0.05) is 42.0 Å². The van der Waals surface area contributed by atoms with Crippen LogP contribution in [0.15, 0.2) is 97.3 Å². The molecule has 0 atom stereocenters. The molecule has 2 aromatic heterocycles. The molecule has 5 aromatic rings. The minimum absolute atomic E-state index is 0.0190. The van der Waals surface area contributed by atoms with Crippen LogP contribution in [0.25, 0.3) is 33.4 Å². The highest BCUT2D eigenvalue weighted by Gasteiger charge is 2.12. The van der Waals surface area contributed by atoms with Gasteiger partial charge < -0.3 is 15.4 Å². The van der Waals surface area contributed by atoms with E-state index in [1.807, 2.05) is 66.7 Å². The smallest absolute Gasteiger partial charge is 0.224 e. The fourth-order valence-electron chi connectivity index (χ4n) is 4.23. The summed E-state index contributed by atoms with van der Waals surface area (Å²) in [5, 5.41) is 7.36. The Hall–Kier alpha value is -4.78. The van der Waals surface area contributed by atoms with Gasteiger partial charge in [-0.05, 0) is 72.5 Å². The van der Waals surface area contributed by atoms with E-state index in [-0.39, 0.29) is 5.91 Å². The highest BCUT2D eigenvalue weighted by molar-refractivity contribution is 5.94. The highest BCUT2D eigenvalue weighted by Crippen LogP contribution is 2.31. The number of carbonyl (C=O) groups is 1. The topological polar surface area (TPSA) is 89.0 Å². The third-order valence-corrected chi connectivity index (χ3v) is 6.20. The lowest BCUT2D eigenvalue weighted by Crippen LogP contribution is -2.12. The molecule has 5 rings (SSSR count). The van der Waals surface area contributed by atoms with Crippen molar-refractivity contribution >= 4 is 28.3 Å². The molecule has 190 valence electrons. The third kappa shape index (κ3) is 6.13. The number of hydrogen-bond acceptors (Lipinski definition) is 6. The number of amides is 1. The zero-order chi connectivity index (χ0) is 26.2. The van der Waals surface area contributed by atoms with Crippen LogP contribution in [0.1, 0.15) is 19.3 Å². The lowest BCUT2D eigenvalue weighted by atomic mass is 10.0. The molecule has 7 nitrogen and oxygen atoms in total. The van der Waals surface area contributed by atoms with E-state index in [0.717, 1.165) is 57.7 Å². The van der Waals surface area contributed by atoms with Crippen LogP contribution in [0.4, 0.5) is 11.5 Å². The summed E-state index contributed by atoms with van der Waals surface area (Å²) in [6.07, 6.45) is 5.55. The van der Waals surface area contributed by atoms with Gasteiger partial charge in [0.05, 0.1) is 12.6 Å². The second-order valence-corrected chi connectivity index (χ2v) is 8.90. The molecule has 0 aliphatic carbocycles. The summed E-state index contributed by atoms with van der Waals surface area (Å²) in [6, 6.07) is 27.5. The van der Waals surface area contributed by atoms with E-state index in [2.05, 4.69) is 33.8 Å². The van der Waals surface area contributed by atoms with Crippen molar-refractivity contribution < 1.29 is 9.53 Å². The quantitative estimate of drug-likeness (QED) is 0.209. The fourth-order valence-corrected chi connectivity index (χ4v) is 4.23. The first-order valence-corrected chi connectivity index (χ1v) is 12.6. The summed E-state index contributed by atoms with van der Waals surface area (Å²) in [5.41, 5.74) is 4.62. The maximum Gasteiger partial charge on any atom is 0.224 e. The van der Waals surface area contributed by atoms with Gasteiger partial charge in [-0.2, -0.15) is 0 Å². The summed E-state index contributed by atoms with van der Waals surface area (Å²) in [4.78, 5) is 26.2. The van der Waals surface area contributed by atoms with Crippen LogP contribution < -0.4 is 15.4 Å². The molecule has 1 amide bonds. The first-order valence-electron chi connectivity index (χ1n) is 12.6. The van der Waals surface area contributed by atoms with Crippen LogP contribution in [-0.2, 0) is 4.79 Å². The number of rotatable bonds is 10. The van der Waals surface area contributed by atoms with Crippen LogP contribution in [0.2, 0.25) is 0 Å². The van der Waals surface area contributed by atoms with E-state index in [1.54, 1.807) is 19.5 Å². The zero-order valence-corrected chi connectivity index (χ0v) is 21.2. The molecule has 0 aliphatic heterocycles. The normalized spacial score (nSPS) is 10.8. The fraction of sp³-hybridized carbons (Fsp3) is 0.161. The van der Waals surface area contributed by atoms with Crippen molar-refractivity contribution in [2.24, 2.45) is 0 Å². The highest BCUT2D eigenvalue weighted by atomic mass is 16.5. The zero-order valence-electron chi connectivity index (χ0n) is 21.2. The Balaban J connectivity index is 1.34. The number of unbranched alkanes of at least 4 members (excludes halogenated alkanes) is 1. The van der Waals surface area contributed by atoms with Crippen molar-refractivity contribution in [1.29, 1.82) is 0 Å². The second-order valence-electron chi connectivity index (χ2n) is 8.90. The molecule has 38 heavy (non-hydrogen) atoms. The van der Waals surface area contributed by atoms with Gasteiger partial charge in [-0.25, -0.2) is 9.97 Å². The number of pyridine rings is 1. The van der Waals surface area contributed by atoms with Crippen molar-refractivity contribution in [3.05, 3.63) is 97.3 Å². The SMILES string of the molecule is COc1cccc(-c2ccc3nc(-c4cccnc4)nc(NCCCCC(=O)Nc4ccccc4)c3c2)c1. The molecular formula is C31H29N5O2. The maximum atomic E-state index is 12.3. The van der Waals surface area contributed by atoms with Gasteiger partial charge in [-0.1, -0.05) is 36.4 Å². The summed E-state index contributed by atoms with van der Waals surface area (Å²) in [5.74, 6) is 2.20. The number of fused-ring (bicyclic) bond motifs is 1. The van der Waals surface area contributed by atoms with Gasteiger partial charge in [0.2, 0.25) is 5.91 Å². The molecule has 0 unspecified atom stereocenters. The minimum atomic E-state index is 0.0190. The number of ether oxygens (including phenoxy) is 1. The number of methoxy groups -OCH3 is 1. The standard InChI is InChI=1S/C31H29N5O2/c1-38-26-13-7-9-22(19-26)23-15-16-28-27(20-23)31(36-30(35-28)24-10-8-17-32-21-24)33-18-6-5-14-29(37)34-25-11-3-2-4-12-25/h2-4,7-13,15-17,19-21H,5-6,14,18H2,1H3,(H,34,37)(H,33,35,36). The van der Waals surface area contributed by atoms with Crippen molar-refractivity contribution in [2.75, 3.05) is 24.3 Å². The van der Waals surface area contributed by atoms with E-state index in [4.69, 9.17) is 14.7 Å². The Kier molecular flexibility index (Phi) is 7.84. The van der Waals surface area contributed by atoms with Gasteiger partial charge >= 0.3 is 0 Å². The van der Waals surface area contributed by atoms with Crippen LogP contribution >= 0.6 is 0 Å². The number of aromatic nitrogens is 3. The van der Waals surface area contributed by atoms with E-state index in [1.165, 1.54) is 0 Å². The van der Waals surface area contributed by atoms with E-state index >= 15 is 0 Å². The van der Waals surface area contributed by atoms with Gasteiger partial charge in [0.15, 0.2) is 5.82 Å². The Morgan fingerprint density at radius 1 is 0.842 bits per heavy atom. The van der Waals surface area contributed by atoms with Crippen LogP contribution in [-0.4, -0.2) is 34.5 Å². The number of para-hydroxylation sites is 1. The Morgan fingerprint density at radius 2 is 1.68 bits per heavy atom. The van der Waals surface area contributed by atoms with Crippen LogP contribution in [0.3, 0.4) is 0 Å². The van der Waals surface area contributed by atoms with Crippen molar-refractivity contribution in [3.63, 3.8) is 0 Å². The minimum Gasteiger partial charge on any atom is -0.497 e. The molecule has 2 heterocycles. The maximum absolute atomic E-state index is 12.3. The summed E-state index contributed by atoms with van der Waals surface area (Å²) < 4.78 is 5.41. The van der Waals surface area contributed by atoms with Crippen molar-refractivity contribution in [1.82, 2.24) is 15.0 Å². The Morgan fingerprint density at radius 3 is 2.50 bits per heavy atom. The first-order chi connectivity index (χ1) is 18.7. The molecule has 2 N–H and O–H groups in total. The summed E-state index contributed by atoms with van der Waals surface area (Å²) >= 11 is 0. The van der Waals surface area contributed by atoms with E-state index in [9.17, 15) is 4.79 Å². The van der Waals surface area contributed by atoms with Crippen molar-refractivity contribution in [3.8, 4) is 28.3 Å². The molecule has 0 bridgehead atoms. The van der Waals surface area contributed by atoms with E-state index in [0.29, 0.717) is 18.8 Å². The number of anilines is 2. The van der Waals surface area contributed by atoms with Gasteiger partial charge in [-0.3, -0.25) is 9.78 Å². The predicted molar refractivity (Wildman–Crippen MR) is 152 cm³/mol. The number of benzene rings is 3. The molecule has 7 heteroatoms. The monoisotopic (exact) mass is 503 g/mol. The summed E-state index contributed by atoms with van der Waals surface area (Å²) in [7, 11) is 1.67. The second kappa shape index (κ2) is 12.0. The van der Waals surface area contributed by atoms with Gasteiger partial charge in [0.25, 0.3) is 0 Å². The Bertz CT molecular complexity index is 1520. The third-order valence-electron chi connectivity index (χ3n) is 6.20. The molecule has 0 saturated heterocycles. The number of nitrogens with one attached hydrogen (secondary N) is 2. The number of nitrogens with zero attached hydrogens (tertiary/aromatic N) is 3. The number of carbonyl (C=O) groups excluding carboxylic acids is 1. The molecule has 0 radical (unpaired) electrons. The van der Waals surface area contributed by atoms with Crippen LogP contribution in [0, 0.1) is 0 Å². The van der Waals surface area contributed by atoms with Gasteiger partial charge in [0.1, 0.15) is 11.6 Å². The predicted octanol–water partition coefficient (Wildman–Crippen LogP) is 6.59. The molecule has 0 aliphatic rings. The molecule has 3 aromatic carbocycles. The number of hydrogen-bond donors (Lipinski definition) is 2. The lowest BCUT2D eigenvalue weighted by Gasteiger charge is -2.13. The summed E-state index contributed by atoms with van der Waals surface area (Å²) in [6.45, 7) is 0.681. The largest absolute Gasteiger partial charge is 0.497 e. The average molecular weight is 504 g/mol. The molecule has 0 fully saturated rings. The van der Waals surface area contributed by atoms with Crippen molar-refractivity contribution in [2.45, 2.75) is 19.3 Å².